The van der Waals surface area contributed by atoms with E-state index in [0.717, 1.165) is 6.54 Å². The molecule has 1 aromatic carbocycles. The zero-order valence-corrected chi connectivity index (χ0v) is 11.7. The second-order valence-corrected chi connectivity index (χ2v) is 4.78. The molecule has 0 radical (unpaired) electrons. The minimum Gasteiger partial charge on any atom is -0.384 e. The molecule has 0 aliphatic heterocycles. The maximum atomic E-state index is 13.9. The minimum absolute atomic E-state index is 0.120. The molecule has 5 heteroatoms. The Morgan fingerprint density at radius 1 is 1.47 bits per heavy atom. The Labute approximate surface area is 113 Å². The van der Waals surface area contributed by atoms with Gasteiger partial charge in [0.25, 0.3) is 0 Å². The van der Waals surface area contributed by atoms with E-state index in [-0.39, 0.29) is 11.7 Å². The third kappa shape index (κ3) is 4.61. The molecular formula is C14H22FN3O. The number of nitrogens with zero attached hydrogens (tertiary/aromatic N) is 1. The first-order valence-corrected chi connectivity index (χ1v) is 6.31. The van der Waals surface area contributed by atoms with Crippen molar-refractivity contribution in [1.82, 2.24) is 4.90 Å². The monoisotopic (exact) mass is 267 g/mol. The van der Waals surface area contributed by atoms with E-state index in [1.807, 2.05) is 0 Å². The van der Waals surface area contributed by atoms with Crippen LogP contribution in [0.2, 0.25) is 0 Å². The summed E-state index contributed by atoms with van der Waals surface area (Å²) in [6.45, 7) is 6.02. The average Bonchev–Trinajstić information content (AvgIpc) is 2.35. The molecule has 0 saturated heterocycles. The van der Waals surface area contributed by atoms with E-state index in [1.54, 1.807) is 19.2 Å². The lowest BCUT2D eigenvalue weighted by atomic mass is 10.1. The lowest BCUT2D eigenvalue weighted by molar-refractivity contribution is 0.124. The van der Waals surface area contributed by atoms with Gasteiger partial charge in [-0.25, -0.2) is 4.39 Å². The largest absolute Gasteiger partial charge is 0.384 e. The molecule has 0 saturated carbocycles. The summed E-state index contributed by atoms with van der Waals surface area (Å²) in [5.74, 6) is -0.443. The van der Waals surface area contributed by atoms with E-state index >= 15 is 0 Å². The fourth-order valence-electron chi connectivity index (χ4n) is 1.79. The van der Waals surface area contributed by atoms with Crippen molar-refractivity contribution in [2.45, 2.75) is 26.4 Å². The van der Waals surface area contributed by atoms with E-state index in [2.05, 4.69) is 18.7 Å². The molecule has 1 aromatic rings. The molecule has 0 bridgehead atoms. The summed E-state index contributed by atoms with van der Waals surface area (Å²) in [6.07, 6.45) is 0. The summed E-state index contributed by atoms with van der Waals surface area (Å²) >= 11 is 0. The first kappa shape index (κ1) is 15.6. The molecule has 0 aliphatic rings. The fourth-order valence-corrected chi connectivity index (χ4v) is 1.79. The second-order valence-electron chi connectivity index (χ2n) is 4.78. The molecular weight excluding hydrogens is 245 g/mol. The molecule has 3 N–H and O–H groups in total. The van der Waals surface area contributed by atoms with Crippen LogP contribution in [0.15, 0.2) is 18.2 Å². The van der Waals surface area contributed by atoms with E-state index in [1.165, 1.54) is 6.07 Å². The Bertz CT molecular complexity index is 435. The van der Waals surface area contributed by atoms with Gasteiger partial charge in [0.05, 0.1) is 6.61 Å². The highest BCUT2D eigenvalue weighted by atomic mass is 19.1. The van der Waals surface area contributed by atoms with Gasteiger partial charge in [-0.05, 0) is 19.9 Å². The van der Waals surface area contributed by atoms with Crippen LogP contribution in [-0.4, -0.2) is 37.0 Å². The van der Waals surface area contributed by atoms with Crippen molar-refractivity contribution >= 4 is 5.84 Å². The van der Waals surface area contributed by atoms with Crippen molar-refractivity contribution in [3.63, 3.8) is 0 Å². The maximum absolute atomic E-state index is 13.9. The first-order chi connectivity index (χ1) is 8.95. The van der Waals surface area contributed by atoms with Gasteiger partial charge in [-0.1, -0.05) is 12.1 Å². The molecule has 106 valence electrons. The molecule has 0 spiro atoms. The van der Waals surface area contributed by atoms with Crippen molar-refractivity contribution in [3.05, 3.63) is 35.1 Å². The minimum atomic E-state index is -0.323. The molecule has 0 fully saturated rings. The summed E-state index contributed by atoms with van der Waals surface area (Å²) in [5.41, 5.74) is 6.36. The molecule has 0 heterocycles. The molecule has 1 rings (SSSR count). The highest BCUT2D eigenvalue weighted by Gasteiger charge is 2.13. The number of halogens is 1. The number of hydrogen-bond acceptors (Lipinski definition) is 3. The summed E-state index contributed by atoms with van der Waals surface area (Å²) in [7, 11) is 1.65. The van der Waals surface area contributed by atoms with Gasteiger partial charge in [0, 0.05) is 37.4 Å². The number of rotatable bonds is 7. The van der Waals surface area contributed by atoms with Gasteiger partial charge in [0.1, 0.15) is 11.7 Å². The standard InChI is InChI=1S/C14H22FN3O/c1-10(2)18(6-7-19-3)9-12-5-4-11(14(16)17)8-13(12)15/h4-5,8,10H,6-7,9H2,1-3H3,(H3,16,17). The summed E-state index contributed by atoms with van der Waals surface area (Å²) in [4.78, 5) is 2.13. The van der Waals surface area contributed by atoms with Crippen molar-refractivity contribution in [3.8, 4) is 0 Å². The Morgan fingerprint density at radius 3 is 2.63 bits per heavy atom. The smallest absolute Gasteiger partial charge is 0.128 e. The quantitative estimate of drug-likeness (QED) is 0.586. The van der Waals surface area contributed by atoms with Gasteiger partial charge in [-0.3, -0.25) is 10.3 Å². The van der Waals surface area contributed by atoms with Crippen LogP contribution in [0.4, 0.5) is 4.39 Å². The normalized spacial score (nSPS) is 11.3. The van der Waals surface area contributed by atoms with E-state index < -0.39 is 0 Å². The zero-order valence-electron chi connectivity index (χ0n) is 11.7. The summed E-state index contributed by atoms with van der Waals surface area (Å²) in [5, 5.41) is 7.29. The third-order valence-electron chi connectivity index (χ3n) is 3.05. The van der Waals surface area contributed by atoms with Gasteiger partial charge in [-0.15, -0.1) is 0 Å². The molecule has 4 nitrogen and oxygen atoms in total. The van der Waals surface area contributed by atoms with Crippen molar-refractivity contribution in [2.75, 3.05) is 20.3 Å². The van der Waals surface area contributed by atoms with Crippen molar-refractivity contribution in [2.24, 2.45) is 5.73 Å². The zero-order chi connectivity index (χ0) is 14.4. The molecule has 0 aromatic heterocycles. The van der Waals surface area contributed by atoms with Gasteiger partial charge in [0.15, 0.2) is 0 Å². The highest BCUT2D eigenvalue weighted by molar-refractivity contribution is 5.94. The predicted molar refractivity (Wildman–Crippen MR) is 74.8 cm³/mol. The molecule has 0 atom stereocenters. The lowest BCUT2D eigenvalue weighted by Crippen LogP contribution is -2.33. The van der Waals surface area contributed by atoms with Gasteiger partial charge < -0.3 is 10.5 Å². The fraction of sp³-hybridized carbons (Fsp3) is 0.500. The van der Waals surface area contributed by atoms with Gasteiger partial charge >= 0.3 is 0 Å². The average molecular weight is 267 g/mol. The van der Waals surface area contributed by atoms with Crippen LogP contribution in [0.5, 0.6) is 0 Å². The number of hydrogen-bond donors (Lipinski definition) is 2. The topological polar surface area (TPSA) is 62.3 Å². The van der Waals surface area contributed by atoms with Crippen LogP contribution in [0, 0.1) is 11.2 Å². The Hall–Kier alpha value is -1.46. The summed E-state index contributed by atoms with van der Waals surface area (Å²) < 4.78 is 19.0. The van der Waals surface area contributed by atoms with E-state index in [4.69, 9.17) is 15.9 Å². The first-order valence-electron chi connectivity index (χ1n) is 6.31. The second kappa shape index (κ2) is 7.21. The molecule has 19 heavy (non-hydrogen) atoms. The van der Waals surface area contributed by atoms with E-state index in [0.29, 0.717) is 30.3 Å². The van der Waals surface area contributed by atoms with Crippen LogP contribution in [0.3, 0.4) is 0 Å². The molecule has 0 aliphatic carbocycles. The number of nitrogens with one attached hydrogen (secondary N) is 1. The number of ether oxygens (including phenoxy) is 1. The van der Waals surface area contributed by atoms with Crippen LogP contribution in [0.25, 0.3) is 0 Å². The Kier molecular flexibility index (Phi) is 5.92. The summed E-state index contributed by atoms with van der Waals surface area (Å²) in [6, 6.07) is 4.98. The Morgan fingerprint density at radius 2 is 2.16 bits per heavy atom. The Balaban J connectivity index is 2.81. The maximum Gasteiger partial charge on any atom is 0.128 e. The lowest BCUT2D eigenvalue weighted by Gasteiger charge is -2.26. The number of nitrogens with two attached hydrogens (primary N) is 1. The SMILES string of the molecule is COCCN(Cc1ccc(C(=N)N)cc1F)C(C)C. The van der Waals surface area contributed by atoms with E-state index in [9.17, 15) is 4.39 Å². The molecule has 0 unspecified atom stereocenters. The third-order valence-corrected chi connectivity index (χ3v) is 3.05. The number of benzene rings is 1. The number of methoxy groups -OCH3 is 1. The predicted octanol–water partition coefficient (Wildman–Crippen LogP) is 1.97. The van der Waals surface area contributed by atoms with Crippen LogP contribution in [-0.2, 0) is 11.3 Å². The highest BCUT2D eigenvalue weighted by Crippen LogP contribution is 2.14. The van der Waals surface area contributed by atoms with Crippen LogP contribution in [0.1, 0.15) is 25.0 Å². The number of nitrogen functional groups attached to an aromatic ring is 1. The number of amidine groups is 1. The van der Waals surface area contributed by atoms with Crippen LogP contribution < -0.4 is 5.73 Å². The van der Waals surface area contributed by atoms with Gasteiger partial charge in [0.2, 0.25) is 0 Å². The van der Waals surface area contributed by atoms with Gasteiger partial charge in [-0.2, -0.15) is 0 Å². The van der Waals surface area contributed by atoms with Crippen LogP contribution >= 0.6 is 0 Å². The van der Waals surface area contributed by atoms with Crippen molar-refractivity contribution < 1.29 is 9.13 Å². The van der Waals surface area contributed by atoms with Crippen molar-refractivity contribution in [1.29, 1.82) is 5.41 Å². The molecule has 0 amide bonds.